The molecular formula is C13H17N5OS. The molecule has 0 aromatic carbocycles. The average Bonchev–Trinajstić information content (AvgIpc) is 3.06. The highest BCUT2D eigenvalue weighted by atomic mass is 32.1. The molecule has 3 rings (SSSR count). The Kier molecular flexibility index (Phi) is 3.43. The second kappa shape index (κ2) is 5.24. The minimum absolute atomic E-state index is 0.119. The van der Waals surface area contributed by atoms with Crippen LogP contribution in [0.2, 0.25) is 0 Å². The van der Waals surface area contributed by atoms with Crippen molar-refractivity contribution in [2.45, 2.75) is 32.4 Å². The van der Waals surface area contributed by atoms with Crippen LogP contribution in [0, 0.1) is 0 Å². The summed E-state index contributed by atoms with van der Waals surface area (Å²) >= 11 is 1.48. The van der Waals surface area contributed by atoms with E-state index in [1.54, 1.807) is 10.9 Å². The van der Waals surface area contributed by atoms with Crippen molar-refractivity contribution in [1.82, 2.24) is 19.7 Å². The molecule has 106 valence electrons. The second-order valence-corrected chi connectivity index (χ2v) is 5.96. The molecule has 0 aliphatic carbocycles. The molecule has 0 spiro atoms. The van der Waals surface area contributed by atoms with Gasteiger partial charge in [0.15, 0.2) is 5.13 Å². The molecule has 0 unspecified atom stereocenters. The largest absolute Gasteiger partial charge is 0.375 e. The Hall–Kier alpha value is -1.89. The lowest BCUT2D eigenvalue weighted by atomic mass is 10.1. The summed E-state index contributed by atoms with van der Waals surface area (Å²) < 4.78 is 1.74. The summed E-state index contributed by atoms with van der Waals surface area (Å²) in [5, 5.41) is 4.78. The first-order chi connectivity index (χ1) is 9.69. The van der Waals surface area contributed by atoms with Crippen molar-refractivity contribution in [2.24, 2.45) is 0 Å². The van der Waals surface area contributed by atoms with Gasteiger partial charge in [-0.3, -0.25) is 9.48 Å². The number of amides is 1. The van der Waals surface area contributed by atoms with Gasteiger partial charge in [-0.2, -0.15) is 5.10 Å². The standard InChI is InChI=1S/C13H17N5OS/c1-2-10(18-6-3-5-15-18)12(19)17-7-4-9-11(8-17)20-13(14)16-9/h3,5-6,10H,2,4,7-8H2,1H3,(H2,14,16)/t10-/m0/s1. The van der Waals surface area contributed by atoms with Crippen LogP contribution in [0.4, 0.5) is 5.13 Å². The minimum Gasteiger partial charge on any atom is -0.375 e. The number of hydrogen-bond acceptors (Lipinski definition) is 5. The third-order valence-corrected chi connectivity index (χ3v) is 4.49. The van der Waals surface area contributed by atoms with E-state index in [0.717, 1.165) is 23.4 Å². The van der Waals surface area contributed by atoms with Crippen LogP contribution >= 0.6 is 11.3 Å². The Bertz CT molecular complexity index is 606. The molecule has 0 fully saturated rings. The van der Waals surface area contributed by atoms with Crippen molar-refractivity contribution in [3.8, 4) is 0 Å². The van der Waals surface area contributed by atoms with Gasteiger partial charge in [0.25, 0.3) is 0 Å². The maximum Gasteiger partial charge on any atom is 0.247 e. The molecule has 1 amide bonds. The normalized spacial score (nSPS) is 15.9. The average molecular weight is 291 g/mol. The Labute approximate surface area is 121 Å². The maximum atomic E-state index is 12.7. The highest BCUT2D eigenvalue weighted by Crippen LogP contribution is 2.28. The summed E-state index contributed by atoms with van der Waals surface area (Å²) in [6.45, 7) is 3.32. The lowest BCUT2D eigenvalue weighted by molar-refractivity contribution is -0.136. The first-order valence-electron chi connectivity index (χ1n) is 6.71. The van der Waals surface area contributed by atoms with Crippen molar-refractivity contribution in [1.29, 1.82) is 0 Å². The molecule has 20 heavy (non-hydrogen) atoms. The number of hydrogen-bond donors (Lipinski definition) is 1. The number of anilines is 1. The van der Waals surface area contributed by atoms with Crippen LogP contribution in [-0.4, -0.2) is 32.1 Å². The van der Waals surface area contributed by atoms with Crippen molar-refractivity contribution < 1.29 is 4.79 Å². The van der Waals surface area contributed by atoms with E-state index >= 15 is 0 Å². The number of nitrogens with zero attached hydrogens (tertiary/aromatic N) is 4. The van der Waals surface area contributed by atoms with Crippen LogP contribution in [0.15, 0.2) is 18.5 Å². The molecule has 2 N–H and O–H groups in total. The zero-order valence-corrected chi connectivity index (χ0v) is 12.1. The van der Waals surface area contributed by atoms with Gasteiger partial charge in [0.2, 0.25) is 5.91 Å². The SMILES string of the molecule is CC[C@@H](C(=O)N1CCc2nc(N)sc2C1)n1cccn1. The van der Waals surface area contributed by atoms with Gasteiger partial charge in [-0.05, 0) is 12.5 Å². The first-order valence-corrected chi connectivity index (χ1v) is 7.52. The molecule has 0 radical (unpaired) electrons. The highest BCUT2D eigenvalue weighted by Gasteiger charge is 2.29. The number of fused-ring (bicyclic) bond motifs is 1. The molecule has 2 aromatic heterocycles. The summed E-state index contributed by atoms with van der Waals surface area (Å²) in [4.78, 5) is 20.0. The van der Waals surface area contributed by atoms with Crippen molar-refractivity contribution in [2.75, 3.05) is 12.3 Å². The van der Waals surface area contributed by atoms with Gasteiger partial charge in [-0.1, -0.05) is 6.92 Å². The van der Waals surface area contributed by atoms with E-state index in [-0.39, 0.29) is 11.9 Å². The molecule has 1 aliphatic rings. The van der Waals surface area contributed by atoms with Crippen LogP contribution in [0.1, 0.15) is 30.0 Å². The summed E-state index contributed by atoms with van der Waals surface area (Å²) in [6.07, 6.45) is 5.05. The van der Waals surface area contributed by atoms with E-state index in [1.807, 2.05) is 24.1 Å². The number of nitrogen functional groups attached to an aromatic ring is 1. The lowest BCUT2D eigenvalue weighted by Crippen LogP contribution is -2.40. The van der Waals surface area contributed by atoms with E-state index in [4.69, 9.17) is 5.73 Å². The number of carbonyl (C=O) groups is 1. The van der Waals surface area contributed by atoms with Gasteiger partial charge in [0.05, 0.1) is 12.2 Å². The smallest absolute Gasteiger partial charge is 0.247 e. The molecule has 7 heteroatoms. The van der Waals surface area contributed by atoms with E-state index < -0.39 is 0 Å². The van der Waals surface area contributed by atoms with Crippen molar-refractivity contribution >= 4 is 22.4 Å². The van der Waals surface area contributed by atoms with Crippen LogP contribution in [0.5, 0.6) is 0 Å². The zero-order valence-electron chi connectivity index (χ0n) is 11.3. The zero-order chi connectivity index (χ0) is 14.1. The maximum absolute atomic E-state index is 12.7. The lowest BCUT2D eigenvalue weighted by Gasteiger charge is -2.29. The fourth-order valence-corrected chi connectivity index (χ4v) is 3.45. The molecule has 2 aromatic rings. The van der Waals surface area contributed by atoms with Crippen molar-refractivity contribution in [3.05, 3.63) is 29.0 Å². The van der Waals surface area contributed by atoms with E-state index in [2.05, 4.69) is 10.1 Å². The third-order valence-electron chi connectivity index (χ3n) is 3.58. The molecule has 1 atom stereocenters. The van der Waals surface area contributed by atoms with Crippen LogP contribution < -0.4 is 5.73 Å². The molecule has 1 aliphatic heterocycles. The molecule has 0 saturated heterocycles. The second-order valence-electron chi connectivity index (χ2n) is 4.84. The predicted octanol–water partition coefficient (Wildman–Crippen LogP) is 1.46. The summed E-state index contributed by atoms with van der Waals surface area (Å²) in [7, 11) is 0. The van der Waals surface area contributed by atoms with Crippen molar-refractivity contribution in [3.63, 3.8) is 0 Å². The number of thiazole rings is 1. The Morgan fingerprint density at radius 2 is 2.45 bits per heavy atom. The number of nitrogens with two attached hydrogens (primary N) is 1. The van der Waals surface area contributed by atoms with Gasteiger partial charge in [-0.15, -0.1) is 11.3 Å². The van der Waals surface area contributed by atoms with Gasteiger partial charge < -0.3 is 10.6 Å². The summed E-state index contributed by atoms with van der Waals surface area (Å²) in [5.74, 6) is 0.119. The Balaban J connectivity index is 1.78. The molecule has 0 bridgehead atoms. The molecule has 3 heterocycles. The Morgan fingerprint density at radius 3 is 3.15 bits per heavy atom. The Morgan fingerprint density at radius 1 is 1.60 bits per heavy atom. The fourth-order valence-electron chi connectivity index (χ4n) is 2.55. The van der Waals surface area contributed by atoms with E-state index in [0.29, 0.717) is 18.2 Å². The quantitative estimate of drug-likeness (QED) is 0.928. The number of rotatable bonds is 3. The van der Waals surface area contributed by atoms with Gasteiger partial charge in [0, 0.05) is 30.2 Å². The summed E-state index contributed by atoms with van der Waals surface area (Å²) in [6, 6.07) is 1.62. The minimum atomic E-state index is -0.225. The topological polar surface area (TPSA) is 77.0 Å². The van der Waals surface area contributed by atoms with Crippen LogP contribution in [-0.2, 0) is 17.8 Å². The molecule has 6 nitrogen and oxygen atoms in total. The summed E-state index contributed by atoms with van der Waals surface area (Å²) in [5.41, 5.74) is 6.78. The number of carbonyl (C=O) groups excluding carboxylic acids is 1. The van der Waals surface area contributed by atoms with Gasteiger partial charge in [0.1, 0.15) is 6.04 Å². The number of aromatic nitrogens is 3. The van der Waals surface area contributed by atoms with Crippen LogP contribution in [0.3, 0.4) is 0 Å². The molecular weight excluding hydrogens is 274 g/mol. The van der Waals surface area contributed by atoms with Gasteiger partial charge >= 0.3 is 0 Å². The third kappa shape index (κ3) is 2.29. The molecule has 0 saturated carbocycles. The predicted molar refractivity (Wildman–Crippen MR) is 77.2 cm³/mol. The monoisotopic (exact) mass is 291 g/mol. The van der Waals surface area contributed by atoms with Crippen LogP contribution in [0.25, 0.3) is 0 Å². The van der Waals surface area contributed by atoms with E-state index in [9.17, 15) is 4.79 Å². The highest BCUT2D eigenvalue weighted by molar-refractivity contribution is 7.15. The van der Waals surface area contributed by atoms with E-state index in [1.165, 1.54) is 11.3 Å². The van der Waals surface area contributed by atoms with Gasteiger partial charge in [-0.25, -0.2) is 4.98 Å². The first kappa shape index (κ1) is 13.1. The fraction of sp³-hybridized carbons (Fsp3) is 0.462.